The number of para-hydroxylation sites is 1. The number of hydrogen-bond acceptors (Lipinski definition) is 4. The van der Waals surface area contributed by atoms with Gasteiger partial charge in [-0.05, 0) is 12.1 Å². The van der Waals surface area contributed by atoms with Crippen molar-refractivity contribution in [3.8, 4) is 5.75 Å². The molecule has 2 rings (SSSR count). The Hall–Kier alpha value is -1.46. The molecule has 0 bridgehead atoms. The topological polar surface area (TPSA) is 48.1 Å². The summed E-state index contributed by atoms with van der Waals surface area (Å²) in [6, 6.07) is 6.37. The molecule has 1 aromatic carbocycles. The van der Waals surface area contributed by atoms with Crippen molar-refractivity contribution in [3.05, 3.63) is 46.2 Å². The first kappa shape index (κ1) is 12.0. The van der Waals surface area contributed by atoms with Crippen LogP contribution in [0.5, 0.6) is 5.75 Å². The van der Waals surface area contributed by atoms with Crippen molar-refractivity contribution >= 4 is 11.3 Å². The van der Waals surface area contributed by atoms with Crippen LogP contribution in [0.2, 0.25) is 0 Å². The van der Waals surface area contributed by atoms with Crippen LogP contribution in [0.4, 0.5) is 4.39 Å². The number of rotatable bonds is 5. The zero-order valence-electron chi connectivity index (χ0n) is 9.23. The third-order valence-corrected chi connectivity index (χ3v) is 3.29. The second kappa shape index (κ2) is 5.75. The Morgan fingerprint density at radius 1 is 1.35 bits per heavy atom. The standard InChI is InChI=1S/C12H13FN2OS/c13-10-3-1-2-4-11(10)16-6-5-12-15-8-9(7-14)17-12/h1-4,8H,5-7,14H2. The molecule has 0 fully saturated rings. The molecule has 0 unspecified atom stereocenters. The van der Waals surface area contributed by atoms with E-state index < -0.39 is 0 Å². The first-order valence-electron chi connectivity index (χ1n) is 5.30. The zero-order valence-corrected chi connectivity index (χ0v) is 10.0. The smallest absolute Gasteiger partial charge is 0.165 e. The number of hydrogen-bond donors (Lipinski definition) is 1. The van der Waals surface area contributed by atoms with E-state index in [4.69, 9.17) is 10.5 Å². The average Bonchev–Trinajstić information content (AvgIpc) is 2.80. The van der Waals surface area contributed by atoms with E-state index in [-0.39, 0.29) is 11.6 Å². The quantitative estimate of drug-likeness (QED) is 0.888. The van der Waals surface area contributed by atoms with Crippen LogP contribution in [0.1, 0.15) is 9.88 Å². The van der Waals surface area contributed by atoms with Gasteiger partial charge < -0.3 is 10.5 Å². The van der Waals surface area contributed by atoms with Crippen LogP contribution in [0.25, 0.3) is 0 Å². The van der Waals surface area contributed by atoms with E-state index in [1.54, 1.807) is 35.7 Å². The second-order valence-corrected chi connectivity index (χ2v) is 4.65. The van der Waals surface area contributed by atoms with Gasteiger partial charge in [-0.15, -0.1) is 11.3 Å². The molecule has 1 heterocycles. The van der Waals surface area contributed by atoms with Crippen LogP contribution in [-0.4, -0.2) is 11.6 Å². The van der Waals surface area contributed by atoms with Gasteiger partial charge >= 0.3 is 0 Å². The molecule has 0 aliphatic rings. The Bertz CT molecular complexity index is 487. The van der Waals surface area contributed by atoms with Gasteiger partial charge in [-0.3, -0.25) is 0 Å². The van der Waals surface area contributed by atoms with Crippen molar-refractivity contribution < 1.29 is 9.13 Å². The van der Waals surface area contributed by atoms with Gasteiger partial charge in [0.2, 0.25) is 0 Å². The van der Waals surface area contributed by atoms with Gasteiger partial charge in [0.05, 0.1) is 11.6 Å². The summed E-state index contributed by atoms with van der Waals surface area (Å²) in [5, 5.41) is 0.960. The molecular formula is C12H13FN2OS. The highest BCUT2D eigenvalue weighted by Crippen LogP contribution is 2.17. The summed E-state index contributed by atoms with van der Waals surface area (Å²) >= 11 is 1.56. The molecule has 0 radical (unpaired) electrons. The molecule has 0 spiro atoms. The highest BCUT2D eigenvalue weighted by Gasteiger charge is 2.03. The van der Waals surface area contributed by atoms with Crippen LogP contribution < -0.4 is 10.5 Å². The van der Waals surface area contributed by atoms with Gasteiger partial charge in [-0.25, -0.2) is 9.37 Å². The molecule has 2 aromatic rings. The molecule has 2 N–H and O–H groups in total. The van der Waals surface area contributed by atoms with E-state index in [1.165, 1.54) is 6.07 Å². The summed E-state index contributed by atoms with van der Waals surface area (Å²) in [6.07, 6.45) is 2.43. The van der Waals surface area contributed by atoms with Gasteiger partial charge in [-0.2, -0.15) is 0 Å². The molecule has 0 saturated carbocycles. The first-order valence-corrected chi connectivity index (χ1v) is 6.12. The first-order chi connectivity index (χ1) is 8.29. The van der Waals surface area contributed by atoms with Gasteiger partial charge in [0.25, 0.3) is 0 Å². The van der Waals surface area contributed by atoms with Crippen molar-refractivity contribution in [2.75, 3.05) is 6.61 Å². The largest absolute Gasteiger partial charge is 0.490 e. The van der Waals surface area contributed by atoms with Gasteiger partial charge in [0.15, 0.2) is 11.6 Å². The number of nitrogens with two attached hydrogens (primary N) is 1. The second-order valence-electron chi connectivity index (χ2n) is 3.45. The van der Waals surface area contributed by atoms with Gasteiger partial charge in [0, 0.05) is 24.0 Å². The molecule has 0 amide bonds. The maximum Gasteiger partial charge on any atom is 0.165 e. The number of nitrogens with zero attached hydrogens (tertiary/aromatic N) is 1. The highest BCUT2D eigenvalue weighted by atomic mass is 32.1. The molecule has 0 aliphatic carbocycles. The van der Waals surface area contributed by atoms with E-state index in [9.17, 15) is 4.39 Å². The normalized spacial score (nSPS) is 10.5. The molecule has 0 atom stereocenters. The monoisotopic (exact) mass is 252 g/mol. The van der Waals surface area contributed by atoms with Crippen molar-refractivity contribution in [3.63, 3.8) is 0 Å². The summed E-state index contributed by atoms with van der Waals surface area (Å²) in [4.78, 5) is 5.25. The summed E-state index contributed by atoms with van der Waals surface area (Å²) in [5.74, 6) is -0.0580. The molecule has 0 aliphatic heterocycles. The third kappa shape index (κ3) is 3.25. The maximum absolute atomic E-state index is 13.2. The van der Waals surface area contributed by atoms with E-state index in [2.05, 4.69) is 4.98 Å². The SMILES string of the molecule is NCc1cnc(CCOc2ccccc2F)s1. The molecular weight excluding hydrogens is 239 g/mol. The minimum atomic E-state index is -0.339. The lowest BCUT2D eigenvalue weighted by atomic mass is 10.3. The number of halogens is 1. The summed E-state index contributed by atoms with van der Waals surface area (Å²) in [7, 11) is 0. The lowest BCUT2D eigenvalue weighted by Crippen LogP contribution is -2.02. The van der Waals surface area contributed by atoms with Crippen molar-refractivity contribution in [2.45, 2.75) is 13.0 Å². The fourth-order valence-corrected chi connectivity index (χ4v) is 2.15. The van der Waals surface area contributed by atoms with Crippen molar-refractivity contribution in [1.82, 2.24) is 4.98 Å². The van der Waals surface area contributed by atoms with E-state index >= 15 is 0 Å². The van der Waals surface area contributed by atoms with Crippen LogP contribution >= 0.6 is 11.3 Å². The molecule has 0 saturated heterocycles. The molecule has 1 aromatic heterocycles. The lowest BCUT2D eigenvalue weighted by Gasteiger charge is -2.05. The van der Waals surface area contributed by atoms with Crippen LogP contribution in [0.15, 0.2) is 30.5 Å². The Labute approximate surface area is 103 Å². The summed E-state index contributed by atoms with van der Waals surface area (Å²) in [5.41, 5.74) is 5.49. The zero-order chi connectivity index (χ0) is 12.1. The Morgan fingerprint density at radius 2 is 2.18 bits per heavy atom. The fourth-order valence-electron chi connectivity index (χ4n) is 1.37. The van der Waals surface area contributed by atoms with Crippen LogP contribution in [0, 0.1) is 5.82 Å². The Morgan fingerprint density at radius 3 is 2.88 bits per heavy atom. The Balaban J connectivity index is 1.85. The molecule has 5 heteroatoms. The van der Waals surface area contributed by atoms with E-state index in [0.29, 0.717) is 19.6 Å². The summed E-state index contributed by atoms with van der Waals surface area (Å²) in [6.45, 7) is 0.921. The molecule has 17 heavy (non-hydrogen) atoms. The number of aromatic nitrogens is 1. The molecule has 3 nitrogen and oxygen atoms in total. The number of ether oxygens (including phenoxy) is 1. The van der Waals surface area contributed by atoms with E-state index in [1.807, 2.05) is 0 Å². The minimum absolute atomic E-state index is 0.281. The summed E-state index contributed by atoms with van der Waals surface area (Å²) < 4.78 is 18.6. The van der Waals surface area contributed by atoms with Crippen LogP contribution in [0.3, 0.4) is 0 Å². The predicted molar refractivity (Wildman–Crippen MR) is 65.6 cm³/mol. The lowest BCUT2D eigenvalue weighted by molar-refractivity contribution is 0.305. The minimum Gasteiger partial charge on any atom is -0.490 e. The van der Waals surface area contributed by atoms with E-state index in [0.717, 1.165) is 9.88 Å². The average molecular weight is 252 g/mol. The van der Waals surface area contributed by atoms with Crippen molar-refractivity contribution in [2.24, 2.45) is 5.73 Å². The van der Waals surface area contributed by atoms with Crippen LogP contribution in [-0.2, 0) is 13.0 Å². The van der Waals surface area contributed by atoms with Crippen molar-refractivity contribution in [1.29, 1.82) is 0 Å². The molecule has 90 valence electrons. The Kier molecular flexibility index (Phi) is 4.06. The fraction of sp³-hybridized carbons (Fsp3) is 0.250. The third-order valence-electron chi connectivity index (χ3n) is 2.21. The predicted octanol–water partition coefficient (Wildman–Crippen LogP) is 2.36. The highest BCUT2D eigenvalue weighted by molar-refractivity contribution is 7.11. The number of benzene rings is 1. The van der Waals surface area contributed by atoms with Gasteiger partial charge in [0.1, 0.15) is 0 Å². The number of thiazole rings is 1. The maximum atomic E-state index is 13.2. The van der Waals surface area contributed by atoms with Gasteiger partial charge in [-0.1, -0.05) is 12.1 Å².